The number of pyridine rings is 1. The Morgan fingerprint density at radius 1 is 1.07 bits per heavy atom. The van der Waals surface area contributed by atoms with Crippen molar-refractivity contribution in [1.29, 1.82) is 0 Å². The summed E-state index contributed by atoms with van der Waals surface area (Å²) >= 11 is 1.33. The average molecular weight is 574 g/mol. The largest absolute Gasteiger partial charge is 0.470 e. The fourth-order valence-electron chi connectivity index (χ4n) is 5.33. The highest BCUT2D eigenvalue weighted by Gasteiger charge is 2.39. The van der Waals surface area contributed by atoms with Crippen LogP contribution in [0.1, 0.15) is 48.8 Å². The number of imidazole rings is 1. The van der Waals surface area contributed by atoms with E-state index in [0.29, 0.717) is 59.1 Å². The molecule has 3 aromatic heterocycles. The maximum Gasteiger partial charge on any atom is 0.294 e. The molecule has 0 spiro atoms. The molecule has 0 N–H and O–H groups in total. The third kappa shape index (κ3) is 5.54. The Morgan fingerprint density at radius 2 is 1.93 bits per heavy atom. The molecule has 1 saturated heterocycles. The summed E-state index contributed by atoms with van der Waals surface area (Å²) in [4.78, 5) is 9.57. The van der Waals surface area contributed by atoms with Gasteiger partial charge < -0.3 is 18.8 Å². The van der Waals surface area contributed by atoms with E-state index in [-0.39, 0.29) is 23.9 Å². The second kappa shape index (κ2) is 11.2. The van der Waals surface area contributed by atoms with Gasteiger partial charge in [0, 0.05) is 23.5 Å². The third-order valence-corrected chi connectivity index (χ3v) is 8.24. The highest BCUT2D eigenvalue weighted by Crippen LogP contribution is 2.40. The Kier molecular flexibility index (Phi) is 7.44. The summed E-state index contributed by atoms with van der Waals surface area (Å²) in [5.74, 6) is 0.963. The first-order chi connectivity index (χ1) is 19.8. The van der Waals surface area contributed by atoms with Crippen LogP contribution < -0.4 is 9.47 Å². The Labute approximate surface area is 242 Å². The van der Waals surface area contributed by atoms with Crippen LogP contribution in [0.4, 0.5) is 4.39 Å². The van der Waals surface area contributed by atoms with E-state index >= 15 is 4.39 Å². The number of aryl methyl sites for hydroxylation is 1. The molecule has 0 bridgehead atoms. The van der Waals surface area contributed by atoms with E-state index in [1.54, 1.807) is 12.1 Å². The molecule has 1 aliphatic heterocycles. The lowest BCUT2D eigenvalue weighted by Gasteiger charge is -2.28. The van der Waals surface area contributed by atoms with Crippen molar-refractivity contribution in [3.8, 4) is 22.3 Å². The molecule has 1 atom stereocenters. The SMILES string of the molecule is CCOc1nnc(COc2cccc(-c3cc(F)c(Cc4nc5ccccc5n4[C@@H]4COCC4(C)C)cc3C)n2)s1. The molecule has 0 saturated carbocycles. The van der Waals surface area contributed by atoms with Gasteiger partial charge in [-0.25, -0.2) is 14.4 Å². The second-order valence-electron chi connectivity index (χ2n) is 10.9. The molecule has 5 aromatic rings. The minimum absolute atomic E-state index is 0.0586. The van der Waals surface area contributed by atoms with E-state index in [4.69, 9.17) is 19.2 Å². The monoisotopic (exact) mass is 573 g/mol. The predicted octanol–water partition coefficient (Wildman–Crippen LogP) is 6.56. The van der Waals surface area contributed by atoms with E-state index < -0.39 is 0 Å². The summed E-state index contributed by atoms with van der Waals surface area (Å²) in [6.45, 7) is 10.3. The van der Waals surface area contributed by atoms with Gasteiger partial charge >= 0.3 is 0 Å². The van der Waals surface area contributed by atoms with Crippen molar-refractivity contribution in [3.05, 3.63) is 82.4 Å². The van der Waals surface area contributed by atoms with Gasteiger partial charge in [-0.1, -0.05) is 54.5 Å². The van der Waals surface area contributed by atoms with Gasteiger partial charge in [0.2, 0.25) is 5.88 Å². The summed E-state index contributed by atoms with van der Waals surface area (Å²) in [7, 11) is 0. The van der Waals surface area contributed by atoms with Crippen molar-refractivity contribution < 1.29 is 18.6 Å². The first-order valence-corrected chi connectivity index (χ1v) is 14.5. The lowest BCUT2D eigenvalue weighted by molar-refractivity contribution is 0.166. The molecule has 4 heterocycles. The normalized spacial score (nSPS) is 16.4. The van der Waals surface area contributed by atoms with Gasteiger partial charge in [-0.15, -0.1) is 5.10 Å². The van der Waals surface area contributed by atoms with Crippen molar-refractivity contribution in [2.75, 3.05) is 19.8 Å². The molecule has 1 aliphatic rings. The topological polar surface area (TPSA) is 84.2 Å². The number of fused-ring (bicyclic) bond motifs is 1. The van der Waals surface area contributed by atoms with Gasteiger partial charge in [0.15, 0.2) is 5.01 Å². The summed E-state index contributed by atoms with van der Waals surface area (Å²) in [6.07, 6.45) is 0.371. The zero-order chi connectivity index (χ0) is 28.6. The molecule has 41 heavy (non-hydrogen) atoms. The highest BCUT2D eigenvalue weighted by molar-refractivity contribution is 7.13. The van der Waals surface area contributed by atoms with Crippen LogP contribution in [0, 0.1) is 18.2 Å². The lowest BCUT2D eigenvalue weighted by atomic mass is 9.87. The van der Waals surface area contributed by atoms with E-state index in [9.17, 15) is 0 Å². The zero-order valence-electron chi connectivity index (χ0n) is 23.6. The molecule has 0 aliphatic carbocycles. The number of hydrogen-bond donors (Lipinski definition) is 0. The molecule has 0 unspecified atom stereocenters. The van der Waals surface area contributed by atoms with Crippen LogP contribution in [0.2, 0.25) is 0 Å². The Morgan fingerprint density at radius 3 is 2.73 bits per heavy atom. The maximum absolute atomic E-state index is 15.7. The fourth-order valence-corrected chi connectivity index (χ4v) is 5.99. The summed E-state index contributed by atoms with van der Waals surface area (Å²) in [5.41, 5.74) is 4.75. The number of aromatic nitrogens is 5. The highest BCUT2D eigenvalue weighted by atomic mass is 32.1. The first kappa shape index (κ1) is 27.3. The van der Waals surface area contributed by atoms with Gasteiger partial charge in [0.05, 0.1) is 42.6 Å². The number of hydrogen-bond acceptors (Lipinski definition) is 8. The third-order valence-electron chi connectivity index (χ3n) is 7.43. The first-order valence-electron chi connectivity index (χ1n) is 13.7. The average Bonchev–Trinajstić information content (AvgIpc) is 3.65. The van der Waals surface area contributed by atoms with Crippen molar-refractivity contribution in [2.24, 2.45) is 5.41 Å². The van der Waals surface area contributed by atoms with Crippen LogP contribution in [0.15, 0.2) is 54.6 Å². The molecule has 0 amide bonds. The van der Waals surface area contributed by atoms with Crippen LogP contribution in [0.5, 0.6) is 11.1 Å². The van der Waals surface area contributed by atoms with Gasteiger partial charge in [0.1, 0.15) is 18.2 Å². The van der Waals surface area contributed by atoms with Crippen LogP contribution in [0.25, 0.3) is 22.3 Å². The standard InChI is InChI=1S/C31H32FN5O3S/c1-5-39-30-36-35-29(41-30)17-40-28-12-8-10-23(34-28)21-15-22(32)20(13-19(21)2)14-27-33-24-9-6-7-11-25(24)37(27)26-16-38-18-31(26,3)4/h6-13,15,26H,5,14,16-18H2,1-4H3/t26-/m1/s1. The van der Waals surface area contributed by atoms with Crippen LogP contribution in [-0.4, -0.2) is 44.6 Å². The molecule has 0 radical (unpaired) electrons. The van der Waals surface area contributed by atoms with Crippen molar-refractivity contribution in [3.63, 3.8) is 0 Å². The number of para-hydroxylation sites is 2. The second-order valence-corrected chi connectivity index (χ2v) is 11.9. The minimum atomic E-state index is -0.295. The number of benzene rings is 2. The summed E-state index contributed by atoms with van der Waals surface area (Å²) in [6, 6.07) is 17.1. The smallest absolute Gasteiger partial charge is 0.294 e. The van der Waals surface area contributed by atoms with Gasteiger partial charge in [-0.3, -0.25) is 0 Å². The van der Waals surface area contributed by atoms with Gasteiger partial charge in [-0.05, 0) is 49.2 Å². The maximum atomic E-state index is 15.7. The van der Waals surface area contributed by atoms with E-state index in [1.165, 1.54) is 11.3 Å². The Bertz CT molecular complexity index is 1700. The lowest BCUT2D eigenvalue weighted by Crippen LogP contribution is -2.27. The number of rotatable bonds is 9. The van der Waals surface area contributed by atoms with Crippen LogP contribution >= 0.6 is 11.3 Å². The molecule has 2 aromatic carbocycles. The summed E-state index contributed by atoms with van der Waals surface area (Å²) < 4.78 is 35.1. The number of halogens is 1. The molecule has 8 nitrogen and oxygen atoms in total. The molecule has 6 rings (SSSR count). The predicted molar refractivity (Wildman–Crippen MR) is 156 cm³/mol. The van der Waals surface area contributed by atoms with Crippen molar-refractivity contribution in [1.82, 2.24) is 24.7 Å². The summed E-state index contributed by atoms with van der Waals surface area (Å²) in [5, 5.41) is 9.26. The molecule has 10 heteroatoms. The Hall–Kier alpha value is -3.89. The van der Waals surface area contributed by atoms with E-state index in [0.717, 1.165) is 22.4 Å². The van der Waals surface area contributed by atoms with E-state index in [2.05, 4.69) is 39.7 Å². The van der Waals surface area contributed by atoms with Crippen molar-refractivity contribution in [2.45, 2.75) is 46.8 Å². The minimum Gasteiger partial charge on any atom is -0.470 e. The van der Waals surface area contributed by atoms with E-state index in [1.807, 2.05) is 50.2 Å². The molecular formula is C31H32FN5O3S. The number of nitrogens with zero attached hydrogens (tertiary/aromatic N) is 5. The quantitative estimate of drug-likeness (QED) is 0.197. The van der Waals surface area contributed by atoms with Crippen LogP contribution in [-0.2, 0) is 17.8 Å². The van der Waals surface area contributed by atoms with Gasteiger partial charge in [-0.2, -0.15) is 0 Å². The Balaban J connectivity index is 1.26. The van der Waals surface area contributed by atoms with Gasteiger partial charge in [0.25, 0.3) is 5.19 Å². The molecule has 1 fully saturated rings. The fraction of sp³-hybridized carbons (Fsp3) is 0.355. The molecular weight excluding hydrogens is 541 g/mol. The number of ether oxygens (including phenoxy) is 3. The van der Waals surface area contributed by atoms with Crippen molar-refractivity contribution >= 4 is 22.4 Å². The zero-order valence-corrected chi connectivity index (χ0v) is 24.4. The molecule has 212 valence electrons. The van der Waals surface area contributed by atoms with Crippen LogP contribution in [0.3, 0.4) is 0 Å².